The number of rotatable bonds is 6. The van der Waals surface area contributed by atoms with Gasteiger partial charge in [-0.05, 0) is 61.2 Å². The lowest BCUT2D eigenvalue weighted by molar-refractivity contribution is 0.122. The molecule has 1 saturated heterocycles. The standard InChI is InChI=1S/C23H28N6O/c1-4-18-6-9-19(10-7-18)24-21-26-22(25-20-8-5-16(2)17(3)15-20)28-23(27-21)29-11-13-30-14-12-29/h5-10,15H,4,11-14H2,1-3H3,(H2,24,25,26,27,28). The highest BCUT2D eigenvalue weighted by Crippen LogP contribution is 2.22. The third-order valence-electron chi connectivity index (χ3n) is 5.30. The lowest BCUT2D eigenvalue weighted by Gasteiger charge is -2.27. The van der Waals surface area contributed by atoms with Crippen LogP contribution in [0.2, 0.25) is 0 Å². The van der Waals surface area contributed by atoms with Crippen molar-refractivity contribution in [2.75, 3.05) is 41.8 Å². The summed E-state index contributed by atoms with van der Waals surface area (Å²) < 4.78 is 5.48. The Morgan fingerprint density at radius 2 is 1.47 bits per heavy atom. The summed E-state index contributed by atoms with van der Waals surface area (Å²) in [4.78, 5) is 16.1. The van der Waals surface area contributed by atoms with Crippen molar-refractivity contribution >= 4 is 29.2 Å². The fourth-order valence-electron chi connectivity index (χ4n) is 3.28. The summed E-state index contributed by atoms with van der Waals surface area (Å²) >= 11 is 0. The fourth-order valence-corrected chi connectivity index (χ4v) is 3.28. The van der Waals surface area contributed by atoms with Crippen molar-refractivity contribution in [3.8, 4) is 0 Å². The second-order valence-corrected chi connectivity index (χ2v) is 7.48. The number of nitrogens with zero attached hydrogens (tertiary/aromatic N) is 4. The third-order valence-corrected chi connectivity index (χ3v) is 5.30. The first-order valence-corrected chi connectivity index (χ1v) is 10.4. The van der Waals surface area contributed by atoms with E-state index in [4.69, 9.17) is 4.74 Å². The molecule has 0 atom stereocenters. The van der Waals surface area contributed by atoms with Crippen LogP contribution in [0, 0.1) is 13.8 Å². The van der Waals surface area contributed by atoms with Gasteiger partial charge in [-0.3, -0.25) is 0 Å². The van der Waals surface area contributed by atoms with Gasteiger partial charge in [0.1, 0.15) is 0 Å². The first kappa shape index (κ1) is 20.1. The third kappa shape index (κ3) is 4.86. The highest BCUT2D eigenvalue weighted by atomic mass is 16.5. The summed E-state index contributed by atoms with van der Waals surface area (Å²) in [5.41, 5.74) is 5.67. The van der Waals surface area contributed by atoms with Crippen LogP contribution in [0.4, 0.5) is 29.2 Å². The van der Waals surface area contributed by atoms with E-state index in [1.165, 1.54) is 16.7 Å². The maximum absolute atomic E-state index is 5.48. The van der Waals surface area contributed by atoms with Gasteiger partial charge in [-0.1, -0.05) is 25.1 Å². The molecule has 0 amide bonds. The first-order valence-electron chi connectivity index (χ1n) is 10.4. The maximum atomic E-state index is 5.48. The van der Waals surface area contributed by atoms with Gasteiger partial charge in [-0.25, -0.2) is 0 Å². The van der Waals surface area contributed by atoms with Crippen LogP contribution in [0.15, 0.2) is 42.5 Å². The molecule has 4 rings (SSSR count). The number of aromatic nitrogens is 3. The van der Waals surface area contributed by atoms with E-state index in [1.54, 1.807) is 0 Å². The molecule has 2 aromatic carbocycles. The summed E-state index contributed by atoms with van der Waals surface area (Å²) in [6.45, 7) is 9.22. The van der Waals surface area contributed by atoms with E-state index < -0.39 is 0 Å². The second-order valence-electron chi connectivity index (χ2n) is 7.48. The minimum atomic E-state index is 0.516. The Morgan fingerprint density at radius 3 is 2.10 bits per heavy atom. The van der Waals surface area contributed by atoms with E-state index >= 15 is 0 Å². The number of benzene rings is 2. The Hall–Kier alpha value is -3.19. The zero-order valence-corrected chi connectivity index (χ0v) is 17.8. The molecule has 1 aromatic heterocycles. The van der Waals surface area contributed by atoms with Gasteiger partial charge in [0, 0.05) is 24.5 Å². The van der Waals surface area contributed by atoms with E-state index in [1.807, 2.05) is 18.2 Å². The molecule has 0 unspecified atom stereocenters. The second kappa shape index (κ2) is 9.09. The largest absolute Gasteiger partial charge is 0.378 e. The molecular formula is C23H28N6O. The molecule has 7 heteroatoms. The molecule has 2 N–H and O–H groups in total. The number of aryl methyl sites for hydroxylation is 3. The smallest absolute Gasteiger partial charge is 0.233 e. The number of ether oxygens (including phenoxy) is 1. The number of nitrogens with one attached hydrogen (secondary N) is 2. The van der Waals surface area contributed by atoms with Crippen LogP contribution in [-0.2, 0) is 11.2 Å². The molecule has 0 saturated carbocycles. The molecule has 0 bridgehead atoms. The summed E-state index contributed by atoms with van der Waals surface area (Å²) in [5, 5.41) is 6.66. The highest BCUT2D eigenvalue weighted by molar-refractivity contribution is 5.60. The maximum Gasteiger partial charge on any atom is 0.233 e. The van der Waals surface area contributed by atoms with E-state index in [2.05, 4.69) is 75.5 Å². The lowest BCUT2D eigenvalue weighted by atomic mass is 10.1. The summed E-state index contributed by atoms with van der Waals surface area (Å²) in [5.74, 6) is 1.68. The Morgan fingerprint density at radius 1 is 0.833 bits per heavy atom. The van der Waals surface area contributed by atoms with Crippen molar-refractivity contribution in [3.05, 3.63) is 59.2 Å². The van der Waals surface area contributed by atoms with Crippen molar-refractivity contribution in [3.63, 3.8) is 0 Å². The Labute approximate surface area is 177 Å². The van der Waals surface area contributed by atoms with Crippen LogP contribution in [0.3, 0.4) is 0 Å². The minimum absolute atomic E-state index is 0.516. The van der Waals surface area contributed by atoms with Gasteiger partial charge in [0.05, 0.1) is 13.2 Å². The predicted octanol–water partition coefficient (Wildman–Crippen LogP) is 4.37. The van der Waals surface area contributed by atoms with Crippen LogP contribution in [0.5, 0.6) is 0 Å². The molecule has 3 aromatic rings. The molecular weight excluding hydrogens is 376 g/mol. The zero-order chi connectivity index (χ0) is 20.9. The molecule has 156 valence electrons. The SMILES string of the molecule is CCc1ccc(Nc2nc(Nc3ccc(C)c(C)c3)nc(N3CCOCC3)n2)cc1. The lowest BCUT2D eigenvalue weighted by Crippen LogP contribution is -2.37. The molecule has 1 aliphatic rings. The monoisotopic (exact) mass is 404 g/mol. The van der Waals surface area contributed by atoms with E-state index in [0.717, 1.165) is 30.9 Å². The van der Waals surface area contributed by atoms with Crippen molar-refractivity contribution in [2.45, 2.75) is 27.2 Å². The van der Waals surface area contributed by atoms with E-state index in [0.29, 0.717) is 31.1 Å². The fraction of sp³-hybridized carbons (Fsp3) is 0.348. The van der Waals surface area contributed by atoms with Crippen LogP contribution in [0.25, 0.3) is 0 Å². The van der Waals surface area contributed by atoms with E-state index in [-0.39, 0.29) is 0 Å². The number of hydrogen-bond acceptors (Lipinski definition) is 7. The van der Waals surface area contributed by atoms with Gasteiger partial charge in [0.15, 0.2) is 0 Å². The Bertz CT molecular complexity index is 999. The molecule has 30 heavy (non-hydrogen) atoms. The van der Waals surface area contributed by atoms with E-state index in [9.17, 15) is 0 Å². The molecule has 1 fully saturated rings. The van der Waals surface area contributed by atoms with Crippen molar-refractivity contribution in [1.29, 1.82) is 0 Å². The molecule has 7 nitrogen and oxygen atoms in total. The number of anilines is 5. The van der Waals surface area contributed by atoms with Crippen LogP contribution < -0.4 is 15.5 Å². The number of hydrogen-bond donors (Lipinski definition) is 2. The van der Waals surface area contributed by atoms with Gasteiger partial charge in [-0.15, -0.1) is 0 Å². The molecule has 0 aliphatic carbocycles. The number of morpholine rings is 1. The summed E-state index contributed by atoms with van der Waals surface area (Å²) in [7, 11) is 0. The van der Waals surface area contributed by atoms with Crippen LogP contribution in [0.1, 0.15) is 23.6 Å². The van der Waals surface area contributed by atoms with Crippen LogP contribution in [-0.4, -0.2) is 41.3 Å². The highest BCUT2D eigenvalue weighted by Gasteiger charge is 2.17. The Balaban J connectivity index is 1.63. The summed E-state index contributed by atoms with van der Waals surface area (Å²) in [6, 6.07) is 14.6. The van der Waals surface area contributed by atoms with Gasteiger partial charge < -0.3 is 20.3 Å². The average Bonchev–Trinajstić information content (AvgIpc) is 2.77. The minimum Gasteiger partial charge on any atom is -0.378 e. The quantitative estimate of drug-likeness (QED) is 0.632. The first-order chi connectivity index (χ1) is 14.6. The predicted molar refractivity (Wildman–Crippen MR) is 121 cm³/mol. The topological polar surface area (TPSA) is 75.2 Å². The average molecular weight is 405 g/mol. The molecule has 0 radical (unpaired) electrons. The van der Waals surface area contributed by atoms with Crippen molar-refractivity contribution < 1.29 is 4.74 Å². The van der Waals surface area contributed by atoms with Gasteiger partial charge in [0.2, 0.25) is 17.8 Å². The van der Waals surface area contributed by atoms with Crippen LogP contribution >= 0.6 is 0 Å². The zero-order valence-electron chi connectivity index (χ0n) is 17.8. The normalized spacial score (nSPS) is 13.9. The summed E-state index contributed by atoms with van der Waals surface area (Å²) in [6.07, 6.45) is 1.01. The van der Waals surface area contributed by atoms with Gasteiger partial charge >= 0.3 is 0 Å². The molecule has 2 heterocycles. The molecule has 1 aliphatic heterocycles. The van der Waals surface area contributed by atoms with Gasteiger partial charge in [-0.2, -0.15) is 15.0 Å². The molecule has 0 spiro atoms. The van der Waals surface area contributed by atoms with Gasteiger partial charge in [0.25, 0.3) is 0 Å². The Kier molecular flexibility index (Phi) is 6.09. The van der Waals surface area contributed by atoms with Crippen molar-refractivity contribution in [2.24, 2.45) is 0 Å². The van der Waals surface area contributed by atoms with Crippen molar-refractivity contribution in [1.82, 2.24) is 15.0 Å².